The first-order chi connectivity index (χ1) is 9.41. The first-order valence-corrected chi connectivity index (χ1v) is 5.52. The summed E-state index contributed by atoms with van der Waals surface area (Å²) in [5.41, 5.74) is -1.99. The molecule has 1 N–H and O–H groups in total. The van der Waals surface area contributed by atoms with Crippen LogP contribution in [0, 0.1) is 0 Å². The van der Waals surface area contributed by atoms with E-state index in [2.05, 4.69) is 4.98 Å². The van der Waals surface area contributed by atoms with Crippen LogP contribution in [0.5, 0.6) is 17.2 Å². The molecule has 106 valence electrons. The Morgan fingerprint density at radius 3 is 2.70 bits per heavy atom. The van der Waals surface area contributed by atoms with Gasteiger partial charge in [-0.1, -0.05) is 0 Å². The van der Waals surface area contributed by atoms with Crippen LogP contribution in [0.3, 0.4) is 0 Å². The number of nitrogens with one attached hydrogen (secondary N) is 1. The van der Waals surface area contributed by atoms with E-state index >= 15 is 0 Å². The van der Waals surface area contributed by atoms with E-state index in [0.717, 1.165) is 0 Å². The van der Waals surface area contributed by atoms with Gasteiger partial charge in [0.15, 0.2) is 11.5 Å². The number of methoxy groups -OCH3 is 1. The molecule has 1 aromatic heterocycles. The number of ether oxygens (including phenoxy) is 3. The minimum atomic E-state index is -4.66. The summed E-state index contributed by atoms with van der Waals surface area (Å²) in [6.07, 6.45) is -4.66. The fraction of sp³-hybridized carbons (Fsp3) is 0.250. The van der Waals surface area contributed by atoms with Crippen LogP contribution in [-0.4, -0.2) is 18.9 Å². The van der Waals surface area contributed by atoms with Gasteiger partial charge in [0.25, 0.3) is 0 Å². The van der Waals surface area contributed by atoms with E-state index in [1.807, 2.05) is 0 Å². The molecule has 2 aromatic rings. The number of fused-ring (bicyclic) bond motifs is 2. The first-order valence-electron chi connectivity index (χ1n) is 5.52. The van der Waals surface area contributed by atoms with Gasteiger partial charge >= 0.3 is 6.18 Å². The van der Waals surface area contributed by atoms with Crippen LogP contribution in [0.1, 0.15) is 5.56 Å². The van der Waals surface area contributed by atoms with E-state index in [4.69, 9.17) is 14.2 Å². The van der Waals surface area contributed by atoms with Crippen LogP contribution in [0.4, 0.5) is 13.2 Å². The molecular weight excluding hydrogens is 279 g/mol. The lowest BCUT2D eigenvalue weighted by Gasteiger charge is -2.13. The lowest BCUT2D eigenvalue weighted by Crippen LogP contribution is -2.14. The van der Waals surface area contributed by atoms with Crippen LogP contribution in [0.25, 0.3) is 10.9 Å². The fourth-order valence-corrected chi connectivity index (χ4v) is 2.15. The van der Waals surface area contributed by atoms with Crippen molar-refractivity contribution in [3.63, 3.8) is 0 Å². The summed E-state index contributed by atoms with van der Waals surface area (Å²) >= 11 is 0. The standard InChI is InChI=1S/C12H8F3NO4/c1-18-11-9-5(2-7-10(11)20-4-19-7)6(12(13,14)15)3-8(17)16-9/h2-3H,4H2,1H3,(H,16,17). The average Bonchev–Trinajstić information content (AvgIpc) is 2.82. The van der Waals surface area contributed by atoms with Crippen LogP contribution in [0.15, 0.2) is 16.9 Å². The lowest BCUT2D eigenvalue weighted by molar-refractivity contribution is -0.136. The van der Waals surface area contributed by atoms with Gasteiger partial charge in [0, 0.05) is 11.5 Å². The Bertz CT molecular complexity index is 751. The number of halogens is 3. The molecule has 0 amide bonds. The summed E-state index contributed by atoms with van der Waals surface area (Å²) in [4.78, 5) is 13.8. The Morgan fingerprint density at radius 2 is 2.05 bits per heavy atom. The highest BCUT2D eigenvalue weighted by molar-refractivity contribution is 5.92. The smallest absolute Gasteiger partial charge is 0.417 e. The molecule has 8 heteroatoms. The topological polar surface area (TPSA) is 60.6 Å². The minimum Gasteiger partial charge on any atom is -0.491 e. The summed E-state index contributed by atoms with van der Waals surface area (Å²) in [6, 6.07) is 1.68. The monoisotopic (exact) mass is 287 g/mol. The first kappa shape index (κ1) is 12.6. The molecule has 0 radical (unpaired) electrons. The highest BCUT2D eigenvalue weighted by Crippen LogP contribution is 2.47. The van der Waals surface area contributed by atoms with Crippen molar-refractivity contribution in [3.05, 3.63) is 28.0 Å². The van der Waals surface area contributed by atoms with E-state index in [-0.39, 0.29) is 34.9 Å². The molecule has 0 atom stereocenters. The Balaban J connectivity index is 2.47. The third kappa shape index (κ3) is 1.75. The molecule has 0 unspecified atom stereocenters. The molecule has 2 heterocycles. The van der Waals surface area contributed by atoms with E-state index < -0.39 is 17.3 Å². The third-order valence-electron chi connectivity index (χ3n) is 2.94. The third-order valence-corrected chi connectivity index (χ3v) is 2.94. The van der Waals surface area contributed by atoms with Gasteiger partial charge in [-0.2, -0.15) is 13.2 Å². The molecule has 0 saturated carbocycles. The van der Waals surface area contributed by atoms with Crippen molar-refractivity contribution in [3.8, 4) is 17.2 Å². The van der Waals surface area contributed by atoms with E-state index in [1.165, 1.54) is 13.2 Å². The van der Waals surface area contributed by atoms with Crippen molar-refractivity contribution in [1.29, 1.82) is 0 Å². The van der Waals surface area contributed by atoms with Crippen molar-refractivity contribution in [2.24, 2.45) is 0 Å². The normalized spacial score (nSPS) is 13.8. The van der Waals surface area contributed by atoms with Gasteiger partial charge in [-0.3, -0.25) is 4.79 Å². The largest absolute Gasteiger partial charge is 0.491 e. The highest BCUT2D eigenvalue weighted by Gasteiger charge is 2.35. The molecule has 5 nitrogen and oxygen atoms in total. The number of aromatic nitrogens is 1. The van der Waals surface area contributed by atoms with Crippen molar-refractivity contribution >= 4 is 10.9 Å². The van der Waals surface area contributed by atoms with Crippen molar-refractivity contribution in [2.45, 2.75) is 6.18 Å². The van der Waals surface area contributed by atoms with Crippen molar-refractivity contribution in [2.75, 3.05) is 13.9 Å². The fourth-order valence-electron chi connectivity index (χ4n) is 2.15. The number of aromatic amines is 1. The summed E-state index contributed by atoms with van der Waals surface area (Å²) < 4.78 is 54.3. The van der Waals surface area contributed by atoms with Crippen LogP contribution in [0.2, 0.25) is 0 Å². The Hall–Kier alpha value is -2.38. The predicted molar refractivity (Wildman–Crippen MR) is 62.2 cm³/mol. The molecule has 0 spiro atoms. The van der Waals surface area contributed by atoms with Crippen LogP contribution >= 0.6 is 0 Å². The summed E-state index contributed by atoms with van der Waals surface area (Å²) in [5.74, 6) is 0.333. The maximum Gasteiger partial charge on any atom is 0.417 e. The second-order valence-electron chi connectivity index (χ2n) is 4.11. The highest BCUT2D eigenvalue weighted by atomic mass is 19.4. The Kier molecular flexibility index (Phi) is 2.56. The van der Waals surface area contributed by atoms with Gasteiger partial charge in [0.1, 0.15) is 0 Å². The second kappa shape index (κ2) is 4.06. The summed E-state index contributed by atoms with van der Waals surface area (Å²) in [6.45, 7) is -0.117. The molecule has 20 heavy (non-hydrogen) atoms. The number of pyridine rings is 1. The quantitative estimate of drug-likeness (QED) is 0.874. The Labute approximate surface area is 109 Å². The van der Waals surface area contributed by atoms with Gasteiger partial charge < -0.3 is 19.2 Å². The second-order valence-corrected chi connectivity index (χ2v) is 4.11. The number of benzene rings is 1. The number of rotatable bonds is 1. The Morgan fingerprint density at radius 1 is 1.30 bits per heavy atom. The number of hydrogen-bond donors (Lipinski definition) is 1. The zero-order valence-electron chi connectivity index (χ0n) is 10.1. The van der Waals surface area contributed by atoms with E-state index in [9.17, 15) is 18.0 Å². The molecular formula is C12H8F3NO4. The number of H-pyrrole nitrogens is 1. The molecule has 0 bridgehead atoms. The summed E-state index contributed by atoms with van der Waals surface area (Å²) in [7, 11) is 1.27. The lowest BCUT2D eigenvalue weighted by atomic mass is 10.1. The van der Waals surface area contributed by atoms with E-state index in [1.54, 1.807) is 0 Å². The zero-order valence-corrected chi connectivity index (χ0v) is 10.1. The zero-order chi connectivity index (χ0) is 14.5. The van der Waals surface area contributed by atoms with Gasteiger partial charge in [-0.05, 0) is 6.07 Å². The predicted octanol–water partition coefficient (Wildman–Crippen LogP) is 2.28. The molecule has 0 saturated heterocycles. The number of alkyl halides is 3. The number of hydrogen-bond acceptors (Lipinski definition) is 4. The van der Waals surface area contributed by atoms with Crippen molar-refractivity contribution < 1.29 is 27.4 Å². The van der Waals surface area contributed by atoms with Crippen LogP contribution < -0.4 is 19.8 Å². The van der Waals surface area contributed by atoms with Gasteiger partial charge in [0.2, 0.25) is 18.1 Å². The maximum absolute atomic E-state index is 13.0. The summed E-state index contributed by atoms with van der Waals surface area (Å²) in [5, 5.41) is -0.210. The van der Waals surface area contributed by atoms with Crippen LogP contribution in [-0.2, 0) is 6.18 Å². The molecule has 3 rings (SSSR count). The minimum absolute atomic E-state index is 0.0122. The molecule has 1 aliphatic rings. The molecule has 1 aliphatic heterocycles. The molecule has 0 fully saturated rings. The van der Waals surface area contributed by atoms with Gasteiger partial charge in [-0.15, -0.1) is 0 Å². The molecule has 1 aromatic carbocycles. The average molecular weight is 287 g/mol. The van der Waals surface area contributed by atoms with E-state index in [0.29, 0.717) is 6.07 Å². The SMILES string of the molecule is COc1c2c(cc3c(C(F)(F)F)cc(=O)[nH]c13)OCO2. The van der Waals surface area contributed by atoms with Crippen molar-refractivity contribution in [1.82, 2.24) is 4.98 Å². The molecule has 0 aliphatic carbocycles. The van der Waals surface area contributed by atoms with Gasteiger partial charge in [0.05, 0.1) is 18.2 Å². The van der Waals surface area contributed by atoms with Gasteiger partial charge in [-0.25, -0.2) is 0 Å². The maximum atomic E-state index is 13.0.